The summed E-state index contributed by atoms with van der Waals surface area (Å²) in [6.45, 7) is 3.65. The highest BCUT2D eigenvalue weighted by Crippen LogP contribution is 2.30. The molecule has 1 N–H and O–H groups in total. The summed E-state index contributed by atoms with van der Waals surface area (Å²) in [7, 11) is 0. The molecule has 0 radical (unpaired) electrons. The molecule has 5 rings (SSSR count). The van der Waals surface area contributed by atoms with E-state index in [-0.39, 0.29) is 12.3 Å². The van der Waals surface area contributed by atoms with Crippen molar-refractivity contribution in [2.75, 3.05) is 6.61 Å². The van der Waals surface area contributed by atoms with Crippen molar-refractivity contribution in [3.63, 3.8) is 0 Å². The third kappa shape index (κ3) is 3.88. The van der Waals surface area contributed by atoms with Crippen molar-refractivity contribution >= 4 is 21.9 Å². The number of nitriles is 2. The van der Waals surface area contributed by atoms with Gasteiger partial charge in [0.25, 0.3) is 0 Å². The number of rotatable bonds is 5. The maximum atomic E-state index is 13.0. The molecule has 0 aliphatic rings. The number of benzene rings is 2. The first-order valence-electron chi connectivity index (χ1n) is 10.9. The average molecular weight is 460 g/mol. The van der Waals surface area contributed by atoms with Crippen molar-refractivity contribution < 1.29 is 4.74 Å². The number of aromatic amines is 1. The summed E-state index contributed by atoms with van der Waals surface area (Å²) in [4.78, 5) is 24.6. The van der Waals surface area contributed by atoms with Crippen LogP contribution < -0.4 is 10.4 Å². The molecule has 0 spiro atoms. The van der Waals surface area contributed by atoms with Gasteiger partial charge in [-0.3, -0.25) is 14.5 Å². The predicted octanol–water partition coefficient (Wildman–Crippen LogP) is 4.63. The second kappa shape index (κ2) is 8.44. The Morgan fingerprint density at radius 3 is 2.57 bits per heavy atom. The number of hydrogen-bond donors (Lipinski definition) is 1. The molecule has 0 saturated carbocycles. The van der Waals surface area contributed by atoms with Crippen molar-refractivity contribution in [3.8, 4) is 34.7 Å². The van der Waals surface area contributed by atoms with Crippen LogP contribution in [0, 0.1) is 22.7 Å². The molecule has 0 saturated heterocycles. The maximum Gasteiger partial charge on any atom is 0.331 e. The Bertz CT molecular complexity index is 1720. The molecule has 170 valence electrons. The highest BCUT2D eigenvalue weighted by atomic mass is 16.5. The molecule has 0 unspecified atom stereocenters. The van der Waals surface area contributed by atoms with E-state index in [0.717, 1.165) is 27.6 Å². The summed E-state index contributed by atoms with van der Waals surface area (Å²) in [6.07, 6.45) is 4.93. The molecule has 35 heavy (non-hydrogen) atoms. The first kappa shape index (κ1) is 21.9. The number of imidazole rings is 1. The van der Waals surface area contributed by atoms with Crippen LogP contribution in [0.2, 0.25) is 0 Å². The SMILES string of the molecule is CC(C)(C#N)c1ccc(-n2c(=O)[nH]c3cnc4ccc(-c5cncc(OCC#N)c5)cc4c32)cc1. The lowest BCUT2D eigenvalue weighted by Gasteiger charge is -2.16. The van der Waals surface area contributed by atoms with Gasteiger partial charge in [0.1, 0.15) is 11.8 Å². The molecular weight excluding hydrogens is 440 g/mol. The molecule has 0 fully saturated rings. The largest absolute Gasteiger partial charge is 0.477 e. The predicted molar refractivity (Wildman–Crippen MR) is 132 cm³/mol. The molecule has 8 nitrogen and oxygen atoms in total. The summed E-state index contributed by atoms with van der Waals surface area (Å²) in [5, 5.41) is 19.0. The lowest BCUT2D eigenvalue weighted by Crippen LogP contribution is -2.16. The molecule has 0 amide bonds. The quantitative estimate of drug-likeness (QED) is 0.408. The van der Waals surface area contributed by atoms with Crippen molar-refractivity contribution in [1.29, 1.82) is 10.5 Å². The van der Waals surface area contributed by atoms with Gasteiger partial charge in [-0.1, -0.05) is 18.2 Å². The van der Waals surface area contributed by atoms with Crippen molar-refractivity contribution in [2.45, 2.75) is 19.3 Å². The molecule has 8 heteroatoms. The first-order chi connectivity index (χ1) is 16.9. The zero-order valence-corrected chi connectivity index (χ0v) is 19.1. The number of nitrogens with one attached hydrogen (secondary N) is 1. The van der Waals surface area contributed by atoms with E-state index in [1.165, 1.54) is 0 Å². The Balaban J connectivity index is 1.68. The second-order valence-corrected chi connectivity index (χ2v) is 8.66. The average Bonchev–Trinajstić information content (AvgIpc) is 3.23. The molecule has 0 bridgehead atoms. The van der Waals surface area contributed by atoms with Gasteiger partial charge < -0.3 is 9.72 Å². The minimum absolute atomic E-state index is 0.0621. The first-order valence-corrected chi connectivity index (χ1v) is 10.9. The third-order valence-corrected chi connectivity index (χ3v) is 5.98. The maximum absolute atomic E-state index is 13.0. The molecule has 3 heterocycles. The van der Waals surface area contributed by atoms with E-state index in [1.54, 1.807) is 23.2 Å². The minimum atomic E-state index is -0.630. The fraction of sp³-hybridized carbons (Fsp3) is 0.148. The molecular formula is C27H20N6O2. The lowest BCUT2D eigenvalue weighted by molar-refractivity contribution is 0.367. The van der Waals surface area contributed by atoms with E-state index in [0.29, 0.717) is 22.5 Å². The molecule has 3 aromatic heterocycles. The number of pyridine rings is 2. The smallest absolute Gasteiger partial charge is 0.331 e. The Labute approximate surface area is 200 Å². The highest BCUT2D eigenvalue weighted by molar-refractivity contribution is 6.04. The zero-order valence-electron chi connectivity index (χ0n) is 19.1. The Morgan fingerprint density at radius 2 is 1.83 bits per heavy atom. The van der Waals surface area contributed by atoms with Crippen LogP contribution in [-0.4, -0.2) is 26.1 Å². The molecule has 0 aliphatic heterocycles. The van der Waals surface area contributed by atoms with Crippen LogP contribution in [0.15, 0.2) is 71.9 Å². The van der Waals surface area contributed by atoms with E-state index >= 15 is 0 Å². The van der Waals surface area contributed by atoms with Gasteiger partial charge in [-0.15, -0.1) is 0 Å². The van der Waals surface area contributed by atoms with Crippen LogP contribution in [0.1, 0.15) is 19.4 Å². The number of hydrogen-bond acceptors (Lipinski definition) is 6. The van der Waals surface area contributed by atoms with Crippen molar-refractivity contribution in [1.82, 2.24) is 19.5 Å². The number of nitrogens with zero attached hydrogens (tertiary/aromatic N) is 5. The number of H-pyrrole nitrogens is 1. The fourth-order valence-corrected chi connectivity index (χ4v) is 4.07. The van der Waals surface area contributed by atoms with Gasteiger partial charge >= 0.3 is 5.69 Å². The van der Waals surface area contributed by atoms with Gasteiger partial charge in [0.15, 0.2) is 6.61 Å². The Hall–Kier alpha value is -4.95. The van der Waals surface area contributed by atoms with Crippen LogP contribution in [0.5, 0.6) is 5.75 Å². The summed E-state index contributed by atoms with van der Waals surface area (Å²) in [6, 6.07) is 19.3. The van der Waals surface area contributed by atoms with Gasteiger partial charge in [-0.2, -0.15) is 10.5 Å². The Morgan fingerprint density at radius 1 is 1.03 bits per heavy atom. The summed E-state index contributed by atoms with van der Waals surface area (Å²) in [5.74, 6) is 0.499. The fourth-order valence-electron chi connectivity index (χ4n) is 4.07. The monoisotopic (exact) mass is 460 g/mol. The summed E-state index contributed by atoms with van der Waals surface area (Å²) >= 11 is 0. The van der Waals surface area contributed by atoms with Gasteiger partial charge in [0.05, 0.1) is 46.1 Å². The molecule has 5 aromatic rings. The van der Waals surface area contributed by atoms with E-state index < -0.39 is 5.41 Å². The molecule has 0 aliphatic carbocycles. The molecule has 0 atom stereocenters. The van der Waals surface area contributed by atoms with Crippen LogP contribution in [0.25, 0.3) is 38.8 Å². The topological polar surface area (TPSA) is 120 Å². The highest BCUT2D eigenvalue weighted by Gasteiger charge is 2.20. The van der Waals surface area contributed by atoms with Gasteiger partial charge in [-0.05, 0) is 55.3 Å². The third-order valence-electron chi connectivity index (χ3n) is 5.98. The van der Waals surface area contributed by atoms with Crippen LogP contribution in [0.3, 0.4) is 0 Å². The van der Waals surface area contributed by atoms with Crippen molar-refractivity contribution in [3.05, 3.63) is 83.2 Å². The number of fused-ring (bicyclic) bond motifs is 3. The minimum Gasteiger partial charge on any atom is -0.477 e. The van der Waals surface area contributed by atoms with Crippen LogP contribution in [0.4, 0.5) is 0 Å². The number of aromatic nitrogens is 4. The summed E-state index contributed by atoms with van der Waals surface area (Å²) in [5.41, 5.74) is 4.39. The van der Waals surface area contributed by atoms with E-state index in [4.69, 9.17) is 10.00 Å². The van der Waals surface area contributed by atoms with Gasteiger partial charge in [0.2, 0.25) is 0 Å². The van der Waals surface area contributed by atoms with Gasteiger partial charge in [-0.25, -0.2) is 4.79 Å². The normalized spacial score (nSPS) is 11.3. The van der Waals surface area contributed by atoms with Crippen molar-refractivity contribution in [2.24, 2.45) is 0 Å². The number of ether oxygens (including phenoxy) is 1. The van der Waals surface area contributed by atoms with Gasteiger partial charge in [0, 0.05) is 17.1 Å². The summed E-state index contributed by atoms with van der Waals surface area (Å²) < 4.78 is 7.01. The van der Waals surface area contributed by atoms with E-state index in [9.17, 15) is 10.1 Å². The van der Waals surface area contributed by atoms with E-state index in [2.05, 4.69) is 21.0 Å². The lowest BCUT2D eigenvalue weighted by atomic mass is 9.86. The Kier molecular flexibility index (Phi) is 5.27. The zero-order chi connectivity index (χ0) is 24.6. The van der Waals surface area contributed by atoms with E-state index in [1.807, 2.05) is 68.4 Å². The second-order valence-electron chi connectivity index (χ2n) is 8.66. The van der Waals surface area contributed by atoms with Crippen LogP contribution >= 0.6 is 0 Å². The van der Waals surface area contributed by atoms with Crippen LogP contribution in [-0.2, 0) is 5.41 Å². The molecule has 2 aromatic carbocycles. The standard InChI is InChI=1S/C27H20N6O2/c1-27(2,16-29)19-4-6-20(7-5-19)33-25-22-12-17(18-11-21(14-30-13-18)35-10-9-28)3-8-23(22)31-15-24(25)32-26(33)34/h3-8,11-15H,10H2,1-2H3,(H,32,34).